The van der Waals surface area contributed by atoms with Gasteiger partial charge in [-0.25, -0.2) is 0 Å². The number of halogens is 1. The van der Waals surface area contributed by atoms with Gasteiger partial charge in [-0.1, -0.05) is 17.7 Å². The zero-order valence-corrected chi connectivity index (χ0v) is 15.4. The number of nitrogens with zero attached hydrogens (tertiary/aromatic N) is 2. The van der Waals surface area contributed by atoms with Gasteiger partial charge in [-0.15, -0.1) is 12.4 Å². The minimum Gasteiger partial charge on any atom is -0.342 e. The highest BCUT2D eigenvalue weighted by atomic mass is 35.5. The third-order valence-electron chi connectivity index (χ3n) is 6.04. The summed E-state index contributed by atoms with van der Waals surface area (Å²) in [5, 5.41) is 0. The van der Waals surface area contributed by atoms with Crippen LogP contribution in [0, 0.1) is 24.7 Å². The van der Waals surface area contributed by atoms with E-state index in [4.69, 9.17) is 5.73 Å². The van der Waals surface area contributed by atoms with Crippen LogP contribution in [0.3, 0.4) is 0 Å². The summed E-state index contributed by atoms with van der Waals surface area (Å²) in [4.78, 5) is 29.0. The lowest BCUT2D eigenvalue weighted by Crippen LogP contribution is -2.38. The van der Waals surface area contributed by atoms with E-state index in [2.05, 4.69) is 0 Å². The second kappa shape index (κ2) is 6.96. The SMILES string of the molecule is Cc1ccc(N2CC(C(=O)N3CC4CCC(N)C4C3)CC2=O)cc1.Cl. The maximum absolute atomic E-state index is 12.9. The molecule has 6 heteroatoms. The molecule has 136 valence electrons. The molecular weight excluding hydrogens is 338 g/mol. The van der Waals surface area contributed by atoms with E-state index in [1.165, 1.54) is 0 Å². The standard InChI is InChI=1S/C19H25N3O2.ClH/c1-12-2-5-15(6-3-12)22-10-14(8-18(22)23)19(24)21-9-13-4-7-17(20)16(13)11-21;/h2-3,5-6,13-14,16-17H,4,7-11,20H2,1H3;1H. The fraction of sp³-hybridized carbons (Fsp3) is 0.579. The van der Waals surface area contributed by atoms with Crippen molar-refractivity contribution >= 4 is 29.9 Å². The Kier molecular flexibility index (Phi) is 5.07. The van der Waals surface area contributed by atoms with Gasteiger partial charge in [0.15, 0.2) is 0 Å². The Labute approximate surface area is 154 Å². The van der Waals surface area contributed by atoms with Crippen LogP contribution >= 0.6 is 12.4 Å². The Bertz CT molecular complexity index is 663. The van der Waals surface area contributed by atoms with Gasteiger partial charge >= 0.3 is 0 Å². The van der Waals surface area contributed by atoms with Gasteiger partial charge in [0, 0.05) is 37.8 Å². The molecule has 2 saturated heterocycles. The van der Waals surface area contributed by atoms with Crippen LogP contribution in [0.2, 0.25) is 0 Å². The molecule has 0 bridgehead atoms. The molecule has 2 heterocycles. The summed E-state index contributed by atoms with van der Waals surface area (Å²) in [6.45, 7) is 4.13. The molecular formula is C19H26ClN3O2. The second-order valence-electron chi connectivity index (χ2n) is 7.65. The first kappa shape index (κ1) is 18.2. The lowest BCUT2D eigenvalue weighted by molar-refractivity contribution is -0.135. The molecule has 1 aromatic carbocycles. The van der Waals surface area contributed by atoms with E-state index in [1.54, 1.807) is 4.90 Å². The van der Waals surface area contributed by atoms with Crippen molar-refractivity contribution in [3.05, 3.63) is 29.8 Å². The quantitative estimate of drug-likeness (QED) is 0.873. The van der Waals surface area contributed by atoms with Gasteiger partial charge in [0.25, 0.3) is 0 Å². The maximum atomic E-state index is 12.9. The summed E-state index contributed by atoms with van der Waals surface area (Å²) in [6.07, 6.45) is 2.54. The molecule has 25 heavy (non-hydrogen) atoms. The summed E-state index contributed by atoms with van der Waals surface area (Å²) < 4.78 is 0. The second-order valence-corrected chi connectivity index (χ2v) is 7.65. The maximum Gasteiger partial charge on any atom is 0.228 e. The highest BCUT2D eigenvalue weighted by molar-refractivity contribution is 6.00. The van der Waals surface area contributed by atoms with Crippen LogP contribution in [0.5, 0.6) is 0 Å². The number of amides is 2. The molecule has 1 saturated carbocycles. The fourth-order valence-corrected chi connectivity index (χ4v) is 4.59. The minimum absolute atomic E-state index is 0. The Morgan fingerprint density at radius 2 is 1.84 bits per heavy atom. The van der Waals surface area contributed by atoms with Crippen LogP contribution in [0.1, 0.15) is 24.8 Å². The van der Waals surface area contributed by atoms with Crippen molar-refractivity contribution in [2.45, 2.75) is 32.2 Å². The van der Waals surface area contributed by atoms with Crippen molar-refractivity contribution in [3.63, 3.8) is 0 Å². The average Bonchev–Trinajstić information content (AvgIpc) is 3.24. The third-order valence-corrected chi connectivity index (χ3v) is 6.04. The summed E-state index contributed by atoms with van der Waals surface area (Å²) >= 11 is 0. The topological polar surface area (TPSA) is 66.6 Å². The molecule has 2 aliphatic heterocycles. The van der Waals surface area contributed by atoms with Gasteiger partial charge in [0.1, 0.15) is 0 Å². The predicted molar refractivity (Wildman–Crippen MR) is 99.7 cm³/mol. The van der Waals surface area contributed by atoms with Crippen molar-refractivity contribution < 1.29 is 9.59 Å². The number of benzene rings is 1. The van der Waals surface area contributed by atoms with E-state index in [9.17, 15) is 9.59 Å². The molecule has 4 atom stereocenters. The van der Waals surface area contributed by atoms with Crippen molar-refractivity contribution in [2.75, 3.05) is 24.5 Å². The van der Waals surface area contributed by atoms with Crippen LogP contribution < -0.4 is 10.6 Å². The zero-order valence-electron chi connectivity index (χ0n) is 14.6. The smallest absolute Gasteiger partial charge is 0.228 e. The van der Waals surface area contributed by atoms with Gasteiger partial charge in [-0.3, -0.25) is 9.59 Å². The third kappa shape index (κ3) is 3.27. The molecule has 5 nitrogen and oxygen atoms in total. The van der Waals surface area contributed by atoms with E-state index < -0.39 is 0 Å². The Hall–Kier alpha value is -1.59. The molecule has 0 radical (unpaired) electrons. The first-order chi connectivity index (χ1) is 11.5. The largest absolute Gasteiger partial charge is 0.342 e. The Balaban J connectivity index is 0.00000182. The van der Waals surface area contributed by atoms with Gasteiger partial charge in [-0.2, -0.15) is 0 Å². The zero-order chi connectivity index (χ0) is 16.8. The van der Waals surface area contributed by atoms with E-state index in [-0.39, 0.29) is 36.2 Å². The lowest BCUT2D eigenvalue weighted by Gasteiger charge is -2.22. The van der Waals surface area contributed by atoms with E-state index in [0.29, 0.717) is 24.8 Å². The summed E-state index contributed by atoms with van der Waals surface area (Å²) in [5.41, 5.74) is 8.22. The predicted octanol–water partition coefficient (Wildman–Crippen LogP) is 1.97. The number of nitrogens with two attached hydrogens (primary N) is 1. The number of rotatable bonds is 2. The number of likely N-dealkylation sites (tertiary alicyclic amines) is 1. The van der Waals surface area contributed by atoms with E-state index >= 15 is 0 Å². The first-order valence-electron chi connectivity index (χ1n) is 8.94. The Morgan fingerprint density at radius 1 is 1.12 bits per heavy atom. The van der Waals surface area contributed by atoms with Crippen molar-refractivity contribution in [1.29, 1.82) is 0 Å². The molecule has 3 fully saturated rings. The number of carbonyl (C=O) groups is 2. The van der Waals surface area contributed by atoms with Crippen LogP contribution in [-0.2, 0) is 9.59 Å². The number of fused-ring (bicyclic) bond motifs is 1. The normalized spacial score (nSPS) is 31.2. The first-order valence-corrected chi connectivity index (χ1v) is 8.94. The number of hydrogen-bond donors (Lipinski definition) is 1. The molecule has 1 aromatic rings. The summed E-state index contributed by atoms with van der Waals surface area (Å²) in [7, 11) is 0. The summed E-state index contributed by atoms with van der Waals surface area (Å²) in [5.74, 6) is 0.996. The van der Waals surface area contributed by atoms with Gasteiger partial charge in [-0.05, 0) is 43.7 Å². The number of anilines is 1. The highest BCUT2D eigenvalue weighted by Gasteiger charge is 2.45. The number of aryl methyl sites for hydroxylation is 1. The van der Waals surface area contributed by atoms with Crippen molar-refractivity contribution in [1.82, 2.24) is 4.90 Å². The van der Waals surface area contributed by atoms with Gasteiger partial charge < -0.3 is 15.5 Å². The highest BCUT2D eigenvalue weighted by Crippen LogP contribution is 2.38. The Morgan fingerprint density at radius 3 is 2.52 bits per heavy atom. The molecule has 0 spiro atoms. The molecule has 0 aromatic heterocycles. The van der Waals surface area contributed by atoms with Crippen molar-refractivity contribution in [3.8, 4) is 0 Å². The van der Waals surface area contributed by atoms with Crippen LogP contribution in [-0.4, -0.2) is 42.4 Å². The van der Waals surface area contributed by atoms with Crippen LogP contribution in [0.4, 0.5) is 5.69 Å². The minimum atomic E-state index is -0.214. The van der Waals surface area contributed by atoms with Gasteiger partial charge in [0.2, 0.25) is 11.8 Å². The molecule has 4 rings (SSSR count). The molecule has 2 N–H and O–H groups in total. The lowest BCUT2D eigenvalue weighted by atomic mass is 9.98. The molecule has 3 aliphatic rings. The van der Waals surface area contributed by atoms with Crippen LogP contribution in [0.25, 0.3) is 0 Å². The monoisotopic (exact) mass is 363 g/mol. The molecule has 4 unspecified atom stereocenters. The van der Waals surface area contributed by atoms with Crippen LogP contribution in [0.15, 0.2) is 24.3 Å². The van der Waals surface area contributed by atoms with E-state index in [1.807, 2.05) is 36.1 Å². The number of carbonyl (C=O) groups excluding carboxylic acids is 2. The fourth-order valence-electron chi connectivity index (χ4n) is 4.59. The molecule has 2 amide bonds. The number of hydrogen-bond acceptors (Lipinski definition) is 3. The van der Waals surface area contributed by atoms with Crippen molar-refractivity contribution in [2.24, 2.45) is 23.5 Å². The molecule has 1 aliphatic carbocycles. The average molecular weight is 364 g/mol. The van der Waals surface area contributed by atoms with Gasteiger partial charge in [0.05, 0.1) is 5.92 Å². The van der Waals surface area contributed by atoms with E-state index in [0.717, 1.165) is 37.2 Å². The summed E-state index contributed by atoms with van der Waals surface area (Å²) in [6, 6.07) is 8.16.